The van der Waals surface area contributed by atoms with Crippen LogP contribution in [0.15, 0.2) is 15.0 Å². The van der Waals surface area contributed by atoms with Crippen molar-refractivity contribution < 1.29 is 14.6 Å². The second-order valence-electron chi connectivity index (χ2n) is 3.56. The van der Waals surface area contributed by atoms with Crippen LogP contribution in [0.5, 0.6) is 5.75 Å². The maximum atomic E-state index is 11.4. The zero-order valence-electron chi connectivity index (χ0n) is 9.54. The first-order valence-electron chi connectivity index (χ1n) is 5.16. The number of ether oxygens (including phenoxy) is 1. The minimum atomic E-state index is -0.823. The SMILES string of the molecule is CCOC(=O)C(N)Cc1cc(Br)c(Cl)c(Br)c1O. The fourth-order valence-electron chi connectivity index (χ4n) is 1.36. The zero-order chi connectivity index (χ0) is 13.9. The maximum Gasteiger partial charge on any atom is 0.323 e. The van der Waals surface area contributed by atoms with E-state index in [4.69, 9.17) is 22.1 Å². The highest BCUT2D eigenvalue weighted by atomic mass is 79.9. The monoisotopic (exact) mass is 399 g/mol. The predicted molar refractivity (Wildman–Crippen MR) is 76.8 cm³/mol. The smallest absolute Gasteiger partial charge is 0.323 e. The van der Waals surface area contributed by atoms with Gasteiger partial charge in [0, 0.05) is 10.9 Å². The molecular formula is C11H12Br2ClNO3. The van der Waals surface area contributed by atoms with Crippen LogP contribution in [0.3, 0.4) is 0 Å². The quantitative estimate of drug-likeness (QED) is 0.601. The minimum absolute atomic E-state index is 0.0250. The Balaban J connectivity index is 2.95. The lowest BCUT2D eigenvalue weighted by Crippen LogP contribution is -2.34. The first kappa shape index (κ1) is 15.8. The van der Waals surface area contributed by atoms with E-state index >= 15 is 0 Å². The lowest BCUT2D eigenvalue weighted by Gasteiger charge is -2.13. The van der Waals surface area contributed by atoms with Gasteiger partial charge in [0.25, 0.3) is 0 Å². The van der Waals surface area contributed by atoms with Crippen molar-refractivity contribution in [3.8, 4) is 5.75 Å². The number of benzene rings is 1. The molecule has 0 saturated carbocycles. The van der Waals surface area contributed by atoms with Gasteiger partial charge in [-0.1, -0.05) is 11.6 Å². The van der Waals surface area contributed by atoms with E-state index in [0.717, 1.165) is 0 Å². The number of halogens is 3. The second-order valence-corrected chi connectivity index (χ2v) is 5.58. The molecule has 0 bridgehead atoms. The van der Waals surface area contributed by atoms with Crippen molar-refractivity contribution in [3.63, 3.8) is 0 Å². The number of rotatable bonds is 4. The third kappa shape index (κ3) is 3.60. The van der Waals surface area contributed by atoms with E-state index in [2.05, 4.69) is 31.9 Å². The van der Waals surface area contributed by atoms with Gasteiger partial charge in [-0.3, -0.25) is 4.79 Å². The summed E-state index contributed by atoms with van der Waals surface area (Å²) in [7, 11) is 0. The fraction of sp³-hybridized carbons (Fsp3) is 0.364. The summed E-state index contributed by atoms with van der Waals surface area (Å²) >= 11 is 12.4. The molecule has 1 unspecified atom stereocenters. The topological polar surface area (TPSA) is 72.5 Å². The minimum Gasteiger partial charge on any atom is -0.506 e. The number of esters is 1. The lowest BCUT2D eigenvalue weighted by molar-refractivity contribution is -0.144. The molecule has 0 aliphatic rings. The Kier molecular flexibility index (Phi) is 5.91. The van der Waals surface area contributed by atoms with E-state index in [9.17, 15) is 9.90 Å². The van der Waals surface area contributed by atoms with Crippen molar-refractivity contribution in [2.45, 2.75) is 19.4 Å². The average molecular weight is 401 g/mol. The molecule has 0 radical (unpaired) electrons. The maximum absolute atomic E-state index is 11.4. The first-order valence-corrected chi connectivity index (χ1v) is 7.12. The van der Waals surface area contributed by atoms with Gasteiger partial charge in [-0.2, -0.15) is 0 Å². The third-order valence-electron chi connectivity index (χ3n) is 2.24. The van der Waals surface area contributed by atoms with Crippen LogP contribution in [0.1, 0.15) is 12.5 Å². The van der Waals surface area contributed by atoms with Crippen LogP contribution < -0.4 is 5.73 Å². The number of hydrogen-bond donors (Lipinski definition) is 2. The molecule has 0 saturated heterocycles. The van der Waals surface area contributed by atoms with Crippen molar-refractivity contribution in [1.29, 1.82) is 0 Å². The molecule has 3 N–H and O–H groups in total. The average Bonchev–Trinajstić information content (AvgIpc) is 2.33. The van der Waals surface area contributed by atoms with Gasteiger partial charge in [0.1, 0.15) is 11.8 Å². The van der Waals surface area contributed by atoms with Gasteiger partial charge in [0.2, 0.25) is 0 Å². The van der Waals surface area contributed by atoms with E-state index in [0.29, 0.717) is 19.5 Å². The van der Waals surface area contributed by atoms with Crippen molar-refractivity contribution in [2.75, 3.05) is 6.61 Å². The van der Waals surface area contributed by atoms with Crippen molar-refractivity contribution >= 4 is 49.4 Å². The largest absolute Gasteiger partial charge is 0.506 e. The Morgan fingerprint density at radius 3 is 2.78 bits per heavy atom. The molecule has 18 heavy (non-hydrogen) atoms. The summed E-state index contributed by atoms with van der Waals surface area (Å²) in [6.45, 7) is 1.98. The van der Waals surface area contributed by atoms with E-state index in [1.165, 1.54) is 0 Å². The molecule has 4 nitrogen and oxygen atoms in total. The number of hydrogen-bond acceptors (Lipinski definition) is 4. The fourth-order valence-corrected chi connectivity index (χ4v) is 2.71. The summed E-state index contributed by atoms with van der Waals surface area (Å²) in [5, 5.41) is 10.3. The molecule has 1 rings (SSSR count). The normalized spacial score (nSPS) is 12.3. The zero-order valence-corrected chi connectivity index (χ0v) is 13.5. The number of nitrogens with two attached hydrogens (primary N) is 1. The Hall–Kier alpha value is -0.300. The summed E-state index contributed by atoms with van der Waals surface area (Å²) in [5.41, 5.74) is 6.21. The molecule has 100 valence electrons. The summed E-state index contributed by atoms with van der Waals surface area (Å²) in [6.07, 6.45) is 0.166. The van der Waals surface area contributed by atoms with Gasteiger partial charge >= 0.3 is 5.97 Å². The molecular weight excluding hydrogens is 389 g/mol. The van der Waals surface area contributed by atoms with Crippen LogP contribution in [0.4, 0.5) is 0 Å². The number of phenols is 1. The van der Waals surface area contributed by atoms with E-state index in [-0.39, 0.29) is 18.8 Å². The highest BCUT2D eigenvalue weighted by Crippen LogP contribution is 2.40. The van der Waals surface area contributed by atoms with Crippen LogP contribution in [0.2, 0.25) is 5.02 Å². The Labute approximate surface area is 127 Å². The summed E-state index contributed by atoms with van der Waals surface area (Å²) < 4.78 is 5.78. The van der Waals surface area contributed by atoms with Crippen LogP contribution in [-0.4, -0.2) is 23.7 Å². The van der Waals surface area contributed by atoms with Crippen LogP contribution in [0.25, 0.3) is 0 Å². The van der Waals surface area contributed by atoms with E-state index in [1.54, 1.807) is 13.0 Å². The lowest BCUT2D eigenvalue weighted by atomic mass is 10.1. The number of carbonyl (C=O) groups is 1. The van der Waals surface area contributed by atoms with Crippen molar-refractivity contribution in [2.24, 2.45) is 5.73 Å². The second kappa shape index (κ2) is 6.75. The summed E-state index contributed by atoms with van der Waals surface area (Å²) in [4.78, 5) is 11.4. The number of phenolic OH excluding ortho intramolecular Hbond substituents is 1. The van der Waals surface area contributed by atoms with Crippen molar-refractivity contribution in [3.05, 3.63) is 25.6 Å². The molecule has 1 aromatic carbocycles. The van der Waals surface area contributed by atoms with E-state index < -0.39 is 12.0 Å². The van der Waals surface area contributed by atoms with Gasteiger partial charge in [-0.05, 0) is 50.4 Å². The van der Waals surface area contributed by atoms with Crippen LogP contribution in [0, 0.1) is 0 Å². The van der Waals surface area contributed by atoms with Gasteiger partial charge in [0.05, 0.1) is 16.1 Å². The molecule has 0 aliphatic heterocycles. The number of aromatic hydroxyl groups is 1. The first-order chi connectivity index (χ1) is 8.38. The molecule has 0 heterocycles. The van der Waals surface area contributed by atoms with E-state index in [1.807, 2.05) is 0 Å². The highest BCUT2D eigenvalue weighted by molar-refractivity contribution is 9.11. The number of carbonyl (C=O) groups excluding carboxylic acids is 1. The molecule has 0 fully saturated rings. The van der Waals surface area contributed by atoms with Gasteiger partial charge < -0.3 is 15.6 Å². The molecule has 1 aromatic rings. The predicted octanol–water partition coefficient (Wildman–Crippen LogP) is 3.00. The molecule has 7 heteroatoms. The third-order valence-corrected chi connectivity index (χ3v) is 4.49. The van der Waals surface area contributed by atoms with Gasteiger partial charge in [-0.15, -0.1) is 0 Å². The summed E-state index contributed by atoms with van der Waals surface area (Å²) in [6, 6.07) is 0.803. The molecule has 0 spiro atoms. The molecule has 0 aliphatic carbocycles. The standard InChI is InChI=1S/C11H12Br2ClNO3/c1-2-18-11(17)7(15)4-5-3-6(12)9(14)8(13)10(5)16/h3,7,16H,2,4,15H2,1H3. The van der Waals surface area contributed by atoms with Crippen molar-refractivity contribution in [1.82, 2.24) is 0 Å². The Morgan fingerprint density at radius 1 is 1.61 bits per heavy atom. The van der Waals surface area contributed by atoms with Gasteiger partial charge in [-0.25, -0.2) is 0 Å². The Bertz CT molecular complexity index is 468. The Morgan fingerprint density at radius 2 is 2.22 bits per heavy atom. The molecule has 1 atom stereocenters. The van der Waals surface area contributed by atoms with Gasteiger partial charge in [0.15, 0.2) is 0 Å². The highest BCUT2D eigenvalue weighted by Gasteiger charge is 2.20. The summed E-state index contributed by atoms with van der Waals surface area (Å²) in [5.74, 6) is -0.526. The van der Waals surface area contributed by atoms with Crippen LogP contribution >= 0.6 is 43.5 Å². The van der Waals surface area contributed by atoms with Crippen LogP contribution in [-0.2, 0) is 16.0 Å². The molecule has 0 amide bonds. The molecule has 0 aromatic heterocycles.